The quantitative estimate of drug-likeness (QED) is 0.636. The number of rotatable bonds is 8. The fourth-order valence-electron chi connectivity index (χ4n) is 2.72. The van der Waals surface area contributed by atoms with Crippen LogP contribution in [-0.2, 0) is 13.3 Å². The highest BCUT2D eigenvalue weighted by Crippen LogP contribution is 2.21. The lowest BCUT2D eigenvalue weighted by Gasteiger charge is -2.34. The SMILES string of the molecule is CC(C)O[Si](OC(C)C)(OC(C)C)c1ccc(-c2ccccc2)cc1. The second-order valence-electron chi connectivity index (χ2n) is 7.00. The van der Waals surface area contributed by atoms with Crippen molar-refractivity contribution in [2.45, 2.75) is 59.9 Å². The predicted octanol–water partition coefficient (Wildman–Crippen LogP) is 4.77. The fraction of sp³-hybridized carbons (Fsp3) is 0.429. The molecule has 0 heterocycles. The lowest BCUT2D eigenvalue weighted by atomic mass is 10.1. The van der Waals surface area contributed by atoms with Crippen molar-refractivity contribution in [1.29, 1.82) is 0 Å². The Balaban J connectivity index is 2.41. The van der Waals surface area contributed by atoms with Crippen molar-refractivity contribution in [1.82, 2.24) is 0 Å². The van der Waals surface area contributed by atoms with E-state index in [4.69, 9.17) is 13.3 Å². The van der Waals surface area contributed by atoms with Crippen molar-refractivity contribution < 1.29 is 13.3 Å². The first kappa shape index (κ1) is 19.9. The summed E-state index contributed by atoms with van der Waals surface area (Å²) in [7, 11) is -2.98. The third kappa shape index (κ3) is 5.51. The van der Waals surface area contributed by atoms with E-state index in [1.807, 2.05) is 59.7 Å². The van der Waals surface area contributed by atoms with Gasteiger partial charge in [0.2, 0.25) is 0 Å². The van der Waals surface area contributed by atoms with Crippen molar-refractivity contribution >= 4 is 14.0 Å². The van der Waals surface area contributed by atoms with Crippen LogP contribution in [0.5, 0.6) is 0 Å². The number of hydrogen-bond donors (Lipinski definition) is 0. The molecule has 0 saturated carbocycles. The van der Waals surface area contributed by atoms with E-state index in [0.29, 0.717) is 0 Å². The molecule has 0 aliphatic rings. The number of hydrogen-bond acceptors (Lipinski definition) is 3. The van der Waals surface area contributed by atoms with Crippen LogP contribution in [0.15, 0.2) is 54.6 Å². The second-order valence-corrected chi connectivity index (χ2v) is 9.40. The van der Waals surface area contributed by atoms with E-state index < -0.39 is 8.80 Å². The molecule has 25 heavy (non-hydrogen) atoms. The minimum Gasteiger partial charge on any atom is -0.367 e. The third-order valence-electron chi connectivity index (χ3n) is 3.52. The molecule has 4 heteroatoms. The van der Waals surface area contributed by atoms with E-state index in [1.54, 1.807) is 0 Å². The van der Waals surface area contributed by atoms with Crippen LogP contribution in [0.3, 0.4) is 0 Å². The highest BCUT2D eigenvalue weighted by atomic mass is 28.4. The van der Waals surface area contributed by atoms with Crippen molar-refractivity contribution in [3.63, 3.8) is 0 Å². The Morgan fingerprint density at radius 3 is 1.36 bits per heavy atom. The van der Waals surface area contributed by atoms with Crippen LogP contribution >= 0.6 is 0 Å². The summed E-state index contributed by atoms with van der Waals surface area (Å²) in [6.07, 6.45) is 0.0777. The molecule has 0 fully saturated rings. The Bertz CT molecular complexity index is 609. The first-order valence-corrected chi connectivity index (χ1v) is 10.7. The molecule has 0 spiro atoms. The van der Waals surface area contributed by atoms with Crippen LogP contribution < -0.4 is 5.19 Å². The minimum atomic E-state index is -2.98. The van der Waals surface area contributed by atoms with E-state index in [2.05, 4.69) is 36.4 Å². The highest BCUT2D eigenvalue weighted by Gasteiger charge is 2.46. The molecule has 2 aromatic rings. The molecule has 0 N–H and O–H groups in total. The highest BCUT2D eigenvalue weighted by molar-refractivity contribution is 6.75. The summed E-state index contributed by atoms with van der Waals surface area (Å²) in [6.45, 7) is 12.1. The van der Waals surface area contributed by atoms with Crippen molar-refractivity contribution in [3.8, 4) is 11.1 Å². The molecule has 0 atom stereocenters. The molecule has 0 bridgehead atoms. The molecule has 0 saturated heterocycles. The fourth-order valence-corrected chi connectivity index (χ4v) is 5.73. The topological polar surface area (TPSA) is 27.7 Å². The van der Waals surface area contributed by atoms with Crippen molar-refractivity contribution in [3.05, 3.63) is 54.6 Å². The van der Waals surface area contributed by atoms with E-state index in [-0.39, 0.29) is 18.3 Å². The normalized spacial score (nSPS) is 12.4. The maximum Gasteiger partial charge on any atom is 0.537 e. The zero-order valence-electron chi connectivity index (χ0n) is 16.2. The van der Waals surface area contributed by atoms with Gasteiger partial charge in [-0.15, -0.1) is 0 Å². The smallest absolute Gasteiger partial charge is 0.367 e. The Morgan fingerprint density at radius 2 is 0.960 bits per heavy atom. The molecule has 2 rings (SSSR count). The van der Waals surface area contributed by atoms with Crippen LogP contribution in [0.1, 0.15) is 41.5 Å². The summed E-state index contributed by atoms with van der Waals surface area (Å²) in [6, 6.07) is 18.7. The molecular formula is C21H30O3Si. The van der Waals surface area contributed by atoms with Gasteiger partial charge in [-0.2, -0.15) is 0 Å². The van der Waals surface area contributed by atoms with Crippen molar-refractivity contribution in [2.75, 3.05) is 0 Å². The largest absolute Gasteiger partial charge is 0.537 e. The maximum atomic E-state index is 6.29. The summed E-state index contributed by atoms with van der Waals surface area (Å²) < 4.78 is 18.9. The Labute approximate surface area is 153 Å². The molecule has 0 aromatic heterocycles. The zero-order valence-corrected chi connectivity index (χ0v) is 17.2. The van der Waals surface area contributed by atoms with Crippen LogP contribution in [0.4, 0.5) is 0 Å². The summed E-state index contributed by atoms with van der Waals surface area (Å²) >= 11 is 0. The second kappa shape index (κ2) is 8.76. The average Bonchev–Trinajstić information content (AvgIpc) is 2.54. The molecule has 0 aliphatic heterocycles. The molecule has 0 radical (unpaired) electrons. The Hall–Kier alpha value is -1.46. The molecular weight excluding hydrogens is 328 g/mol. The Morgan fingerprint density at radius 1 is 0.560 bits per heavy atom. The van der Waals surface area contributed by atoms with Crippen LogP contribution in [0, 0.1) is 0 Å². The van der Waals surface area contributed by atoms with Crippen molar-refractivity contribution in [2.24, 2.45) is 0 Å². The molecule has 0 unspecified atom stereocenters. The van der Waals surface area contributed by atoms with E-state index in [1.165, 1.54) is 11.1 Å². The van der Waals surface area contributed by atoms with Crippen LogP contribution in [0.25, 0.3) is 11.1 Å². The molecule has 2 aromatic carbocycles. The standard InChI is InChI=1S/C21H30O3Si/c1-16(2)22-25(23-17(3)4,24-18(5)6)21-14-12-20(13-15-21)19-10-8-7-9-11-19/h7-18H,1-6H3. The molecule has 0 aliphatic carbocycles. The zero-order chi connectivity index (χ0) is 18.4. The third-order valence-corrected chi connectivity index (χ3v) is 6.90. The van der Waals surface area contributed by atoms with Gasteiger partial charge < -0.3 is 13.3 Å². The first-order chi connectivity index (χ1) is 11.8. The predicted molar refractivity (Wildman–Crippen MR) is 106 cm³/mol. The van der Waals surface area contributed by atoms with Gasteiger partial charge in [-0.1, -0.05) is 54.6 Å². The van der Waals surface area contributed by atoms with Gasteiger partial charge in [0.1, 0.15) is 0 Å². The van der Waals surface area contributed by atoms with Gasteiger partial charge in [-0.3, -0.25) is 0 Å². The van der Waals surface area contributed by atoms with Gasteiger partial charge in [0.15, 0.2) is 0 Å². The summed E-state index contributed by atoms with van der Waals surface area (Å²) in [4.78, 5) is 0. The van der Waals surface area contributed by atoms with E-state index in [0.717, 1.165) is 5.19 Å². The van der Waals surface area contributed by atoms with E-state index >= 15 is 0 Å². The Kier molecular flexibility index (Phi) is 6.96. The van der Waals surface area contributed by atoms with Gasteiger partial charge in [0.05, 0.1) is 0 Å². The maximum absolute atomic E-state index is 6.29. The summed E-state index contributed by atoms with van der Waals surface area (Å²) in [5.41, 5.74) is 2.37. The molecule has 0 amide bonds. The van der Waals surface area contributed by atoms with Gasteiger partial charge in [0, 0.05) is 23.5 Å². The lowest BCUT2D eigenvalue weighted by molar-refractivity contribution is 0.0153. The van der Waals surface area contributed by atoms with Gasteiger partial charge in [-0.25, -0.2) is 0 Å². The van der Waals surface area contributed by atoms with Gasteiger partial charge in [-0.05, 0) is 52.7 Å². The van der Waals surface area contributed by atoms with Crippen LogP contribution in [-0.4, -0.2) is 27.1 Å². The summed E-state index contributed by atoms with van der Waals surface area (Å²) in [5.74, 6) is 0. The monoisotopic (exact) mass is 358 g/mol. The molecule has 3 nitrogen and oxygen atoms in total. The summed E-state index contributed by atoms with van der Waals surface area (Å²) in [5, 5.41) is 1.00. The average molecular weight is 359 g/mol. The minimum absolute atomic E-state index is 0.0259. The van der Waals surface area contributed by atoms with E-state index in [9.17, 15) is 0 Å². The lowest BCUT2D eigenvalue weighted by Crippen LogP contribution is -2.60. The molecule has 136 valence electrons. The van der Waals surface area contributed by atoms with Crippen LogP contribution in [0.2, 0.25) is 0 Å². The van der Waals surface area contributed by atoms with Gasteiger partial charge in [0.25, 0.3) is 0 Å². The number of benzene rings is 2. The van der Waals surface area contributed by atoms with Gasteiger partial charge >= 0.3 is 8.80 Å². The first-order valence-electron chi connectivity index (χ1n) is 9.02.